The van der Waals surface area contributed by atoms with Crippen LogP contribution in [0.5, 0.6) is 0 Å². The Morgan fingerprint density at radius 1 is 0.872 bits per heavy atom. The maximum Gasteiger partial charge on any atom is 0.360 e. The summed E-state index contributed by atoms with van der Waals surface area (Å²) in [6.45, 7) is 1.88. The Morgan fingerprint density at radius 3 is 2.10 bits per heavy atom. The number of hydrogen-bond donors (Lipinski definition) is 1. The minimum atomic E-state index is -4.03. The molecule has 2 saturated carbocycles. The summed E-state index contributed by atoms with van der Waals surface area (Å²) in [5.74, 6) is -1.84. The molecule has 2 aliphatic rings. The highest BCUT2D eigenvalue weighted by atomic mass is 32.2. The van der Waals surface area contributed by atoms with E-state index in [9.17, 15) is 13.2 Å². The quantitative estimate of drug-likeness (QED) is 0.221. The molecule has 0 heterocycles. The Morgan fingerprint density at radius 2 is 1.49 bits per heavy atom. The van der Waals surface area contributed by atoms with Crippen molar-refractivity contribution in [2.24, 2.45) is 0 Å². The van der Waals surface area contributed by atoms with Gasteiger partial charge in [0.25, 0.3) is 0 Å². The molecule has 8 nitrogen and oxygen atoms in total. The zero-order valence-corrected chi connectivity index (χ0v) is 24.1. The van der Waals surface area contributed by atoms with Crippen LogP contribution < -0.4 is 4.72 Å². The van der Waals surface area contributed by atoms with Gasteiger partial charge in [-0.2, -0.15) is 4.72 Å². The van der Waals surface area contributed by atoms with E-state index in [2.05, 4.69) is 4.72 Å². The van der Waals surface area contributed by atoms with Crippen LogP contribution in [0.25, 0.3) is 0 Å². The van der Waals surface area contributed by atoms with Gasteiger partial charge in [-0.05, 0) is 62.3 Å². The number of ether oxygens (including phenoxy) is 2. The molecule has 2 aromatic carbocycles. The van der Waals surface area contributed by atoms with Gasteiger partial charge < -0.3 is 9.47 Å². The second-order valence-corrected chi connectivity index (χ2v) is 12.5. The van der Waals surface area contributed by atoms with Gasteiger partial charge in [0.2, 0.25) is 15.8 Å². The molecule has 9 heteroatoms. The SMILES string of the molecule is COC1(OOC(=O)C(Cc2ccccc2C2(OC)CCCCC2)NS(=O)(=O)c2ccc(C)cc2)CCCCC1. The third kappa shape index (κ3) is 7.08. The zero-order valence-electron chi connectivity index (χ0n) is 23.2. The van der Waals surface area contributed by atoms with E-state index >= 15 is 0 Å². The molecule has 4 rings (SSSR count). The van der Waals surface area contributed by atoms with Crippen molar-refractivity contribution >= 4 is 16.0 Å². The summed E-state index contributed by atoms with van der Waals surface area (Å²) < 4.78 is 41.0. The van der Waals surface area contributed by atoms with E-state index < -0.39 is 33.4 Å². The maximum absolute atomic E-state index is 13.5. The van der Waals surface area contributed by atoms with Crippen molar-refractivity contribution in [2.45, 2.75) is 99.9 Å². The number of sulfonamides is 1. The molecule has 0 bridgehead atoms. The topological polar surface area (TPSA) is 100 Å². The minimum absolute atomic E-state index is 0.0707. The maximum atomic E-state index is 13.5. The van der Waals surface area contributed by atoms with Gasteiger partial charge in [-0.15, -0.1) is 4.89 Å². The minimum Gasteiger partial charge on any atom is -0.374 e. The molecule has 0 aliphatic heterocycles. The highest BCUT2D eigenvalue weighted by Crippen LogP contribution is 2.42. The fraction of sp³-hybridized carbons (Fsp3) is 0.567. The highest BCUT2D eigenvalue weighted by molar-refractivity contribution is 7.89. The van der Waals surface area contributed by atoms with E-state index in [-0.39, 0.29) is 11.3 Å². The summed E-state index contributed by atoms with van der Waals surface area (Å²) in [6, 6.07) is 13.0. The number of benzene rings is 2. The first kappa shape index (κ1) is 29.7. The van der Waals surface area contributed by atoms with E-state index in [4.69, 9.17) is 19.2 Å². The summed E-state index contributed by atoms with van der Waals surface area (Å²) in [5.41, 5.74) is 2.26. The van der Waals surface area contributed by atoms with Crippen molar-refractivity contribution in [2.75, 3.05) is 14.2 Å². The third-order valence-electron chi connectivity index (χ3n) is 8.16. The van der Waals surface area contributed by atoms with Gasteiger partial charge in [0.15, 0.2) is 0 Å². The lowest BCUT2D eigenvalue weighted by Crippen LogP contribution is -2.46. The van der Waals surface area contributed by atoms with Crippen LogP contribution in [0.1, 0.15) is 80.9 Å². The van der Waals surface area contributed by atoms with E-state index in [1.165, 1.54) is 19.2 Å². The molecule has 2 aromatic rings. The van der Waals surface area contributed by atoms with Crippen molar-refractivity contribution in [1.29, 1.82) is 0 Å². The Labute approximate surface area is 232 Å². The zero-order chi connectivity index (χ0) is 27.9. The summed E-state index contributed by atoms with van der Waals surface area (Å²) in [5, 5.41) is 0. The molecule has 214 valence electrons. The molecule has 39 heavy (non-hydrogen) atoms. The van der Waals surface area contributed by atoms with E-state index in [1.807, 2.05) is 31.2 Å². The predicted octanol–water partition coefficient (Wildman–Crippen LogP) is 5.47. The fourth-order valence-electron chi connectivity index (χ4n) is 5.80. The molecule has 2 aliphatic carbocycles. The van der Waals surface area contributed by atoms with Gasteiger partial charge >= 0.3 is 5.97 Å². The molecule has 2 fully saturated rings. The summed E-state index contributed by atoms with van der Waals surface area (Å²) in [6.07, 6.45) is 9.06. The molecular weight excluding hydrogens is 518 g/mol. The molecular formula is C30H41NO7S. The van der Waals surface area contributed by atoms with Crippen molar-refractivity contribution in [3.8, 4) is 0 Å². The van der Waals surface area contributed by atoms with Gasteiger partial charge in [-0.25, -0.2) is 13.2 Å². The number of rotatable bonds is 11. The Bertz CT molecular complexity index is 1200. The van der Waals surface area contributed by atoms with Crippen molar-refractivity contribution in [3.63, 3.8) is 0 Å². The van der Waals surface area contributed by atoms with Crippen LogP contribution in [0.3, 0.4) is 0 Å². The van der Waals surface area contributed by atoms with E-state index in [1.54, 1.807) is 19.2 Å². The van der Waals surface area contributed by atoms with Crippen LogP contribution in [-0.2, 0) is 46.1 Å². The lowest BCUT2D eigenvalue weighted by Gasteiger charge is -2.38. The smallest absolute Gasteiger partial charge is 0.360 e. The molecule has 1 atom stereocenters. The summed E-state index contributed by atoms with van der Waals surface area (Å²) in [4.78, 5) is 24.5. The first-order valence-corrected chi connectivity index (χ1v) is 15.4. The molecule has 0 amide bonds. The molecule has 0 spiro atoms. The van der Waals surface area contributed by atoms with E-state index in [0.29, 0.717) is 12.8 Å². The fourth-order valence-corrected chi connectivity index (χ4v) is 6.99. The average Bonchev–Trinajstić information content (AvgIpc) is 2.97. The lowest BCUT2D eigenvalue weighted by molar-refractivity contribution is -0.407. The number of carbonyl (C=O) groups is 1. The van der Waals surface area contributed by atoms with E-state index in [0.717, 1.165) is 68.1 Å². The van der Waals surface area contributed by atoms with Gasteiger partial charge in [-0.1, -0.05) is 67.6 Å². The molecule has 0 aromatic heterocycles. The second-order valence-electron chi connectivity index (χ2n) is 10.8. The molecule has 1 unspecified atom stereocenters. The first-order chi connectivity index (χ1) is 18.7. The van der Waals surface area contributed by atoms with Crippen molar-refractivity contribution in [1.82, 2.24) is 4.72 Å². The summed E-state index contributed by atoms with van der Waals surface area (Å²) >= 11 is 0. The standard InChI is InChI=1S/C30H41NO7S/c1-23-14-16-25(17-15-23)39(33,34)31-27(28(32)37-38-30(36-3)20-10-5-11-21-30)22-24-12-6-7-13-26(24)29(35-2)18-8-4-9-19-29/h6-7,12-17,27,31H,4-5,8-11,18-22H2,1-3H3. The molecule has 0 radical (unpaired) electrons. The largest absolute Gasteiger partial charge is 0.374 e. The second kappa shape index (κ2) is 12.9. The first-order valence-electron chi connectivity index (χ1n) is 13.9. The highest BCUT2D eigenvalue weighted by Gasteiger charge is 2.39. The Balaban J connectivity index is 1.63. The number of aryl methyl sites for hydroxylation is 1. The van der Waals surface area contributed by atoms with Gasteiger partial charge in [0.1, 0.15) is 6.04 Å². The van der Waals surface area contributed by atoms with Gasteiger partial charge in [0, 0.05) is 27.1 Å². The van der Waals surface area contributed by atoms with Crippen LogP contribution in [0, 0.1) is 6.92 Å². The van der Waals surface area contributed by atoms with Crippen LogP contribution in [0.2, 0.25) is 0 Å². The predicted molar refractivity (Wildman–Crippen MR) is 147 cm³/mol. The number of methoxy groups -OCH3 is 2. The normalized spacial score (nSPS) is 19.8. The van der Waals surface area contributed by atoms with Gasteiger partial charge in [0.05, 0.1) is 10.5 Å². The monoisotopic (exact) mass is 559 g/mol. The third-order valence-corrected chi connectivity index (χ3v) is 9.65. The van der Waals surface area contributed by atoms with Crippen LogP contribution >= 0.6 is 0 Å². The van der Waals surface area contributed by atoms with Crippen LogP contribution in [0.15, 0.2) is 53.4 Å². The number of carbonyl (C=O) groups excluding carboxylic acids is 1. The molecule has 1 N–H and O–H groups in total. The Hall–Kier alpha value is -2.30. The Kier molecular flexibility index (Phi) is 9.82. The average molecular weight is 560 g/mol. The lowest BCUT2D eigenvalue weighted by atomic mass is 9.77. The number of nitrogens with one attached hydrogen (secondary N) is 1. The van der Waals surface area contributed by atoms with Crippen molar-refractivity contribution in [3.05, 3.63) is 65.2 Å². The van der Waals surface area contributed by atoms with Gasteiger partial charge in [-0.3, -0.25) is 4.89 Å². The summed E-state index contributed by atoms with van der Waals surface area (Å²) in [7, 11) is -0.785. The molecule has 0 saturated heterocycles. The number of hydrogen-bond acceptors (Lipinski definition) is 7. The van der Waals surface area contributed by atoms with Crippen LogP contribution in [-0.4, -0.2) is 40.4 Å². The van der Waals surface area contributed by atoms with Crippen molar-refractivity contribution < 1.29 is 32.5 Å². The van der Waals surface area contributed by atoms with Crippen LogP contribution in [0.4, 0.5) is 0 Å².